The van der Waals surface area contributed by atoms with Crippen molar-refractivity contribution in [2.24, 2.45) is 0 Å². The van der Waals surface area contributed by atoms with E-state index in [1.54, 1.807) is 0 Å². The van der Waals surface area contributed by atoms with E-state index in [4.69, 9.17) is 5.11 Å². The first-order valence-corrected chi connectivity index (χ1v) is 7.52. The standard InChI is InChI=1S/C10H9N3O5S2/c1-5-9(19-10(16)12-5)20(17,18)13-6-3-2-4-11-7(6)8(14)15/h2-4,13H,1H3,(H,12,16)(H,14,15). The Hall–Kier alpha value is -2.20. The van der Waals surface area contributed by atoms with Crippen LogP contribution in [-0.4, -0.2) is 29.5 Å². The van der Waals surface area contributed by atoms with Gasteiger partial charge in [0.1, 0.15) is 0 Å². The Morgan fingerprint density at radius 1 is 1.50 bits per heavy atom. The van der Waals surface area contributed by atoms with Crippen LogP contribution in [0.1, 0.15) is 16.2 Å². The molecule has 0 atom stereocenters. The number of aromatic amines is 1. The van der Waals surface area contributed by atoms with Crippen LogP contribution in [0.2, 0.25) is 0 Å². The number of H-pyrrole nitrogens is 1. The number of nitrogens with one attached hydrogen (secondary N) is 2. The number of carbonyl (C=O) groups is 1. The quantitative estimate of drug-likeness (QED) is 0.759. The normalized spacial score (nSPS) is 11.2. The number of anilines is 1. The second-order valence-electron chi connectivity index (χ2n) is 3.74. The minimum Gasteiger partial charge on any atom is -0.476 e. The van der Waals surface area contributed by atoms with Gasteiger partial charge in [-0.15, -0.1) is 0 Å². The molecule has 0 bridgehead atoms. The maximum Gasteiger partial charge on any atom is 0.356 e. The molecule has 0 aliphatic heterocycles. The van der Waals surface area contributed by atoms with Crippen LogP contribution in [0.5, 0.6) is 0 Å². The van der Waals surface area contributed by atoms with Gasteiger partial charge in [0.15, 0.2) is 9.90 Å². The number of rotatable bonds is 4. The highest BCUT2D eigenvalue weighted by molar-refractivity contribution is 7.94. The third-order valence-electron chi connectivity index (χ3n) is 2.28. The Kier molecular flexibility index (Phi) is 3.59. The van der Waals surface area contributed by atoms with Crippen molar-refractivity contribution in [2.75, 3.05) is 4.72 Å². The molecule has 0 radical (unpaired) electrons. The lowest BCUT2D eigenvalue weighted by Gasteiger charge is -2.08. The molecule has 2 aromatic heterocycles. The van der Waals surface area contributed by atoms with Crippen LogP contribution < -0.4 is 9.60 Å². The Morgan fingerprint density at radius 3 is 2.75 bits per heavy atom. The molecule has 20 heavy (non-hydrogen) atoms. The van der Waals surface area contributed by atoms with Gasteiger partial charge in [-0.1, -0.05) is 11.3 Å². The second kappa shape index (κ2) is 5.06. The van der Waals surface area contributed by atoms with Crippen molar-refractivity contribution >= 4 is 33.0 Å². The number of pyridine rings is 1. The number of nitrogens with zero attached hydrogens (tertiary/aromatic N) is 1. The van der Waals surface area contributed by atoms with Gasteiger partial charge in [0.05, 0.1) is 5.69 Å². The molecule has 0 fully saturated rings. The van der Waals surface area contributed by atoms with Crippen LogP contribution in [-0.2, 0) is 10.0 Å². The van der Waals surface area contributed by atoms with Crippen LogP contribution in [0.15, 0.2) is 27.3 Å². The Bertz CT molecular complexity index is 821. The summed E-state index contributed by atoms with van der Waals surface area (Å²) < 4.78 is 26.2. The van der Waals surface area contributed by atoms with Crippen molar-refractivity contribution in [3.05, 3.63) is 39.4 Å². The third kappa shape index (κ3) is 2.70. The summed E-state index contributed by atoms with van der Waals surface area (Å²) in [5, 5.41) is 8.94. The molecule has 0 unspecified atom stereocenters. The van der Waals surface area contributed by atoms with Gasteiger partial charge in [0.25, 0.3) is 10.0 Å². The highest BCUT2D eigenvalue weighted by atomic mass is 32.2. The highest BCUT2D eigenvalue weighted by Crippen LogP contribution is 2.21. The van der Waals surface area contributed by atoms with Crippen LogP contribution in [0, 0.1) is 6.92 Å². The molecule has 106 valence electrons. The first-order valence-electron chi connectivity index (χ1n) is 5.22. The molecule has 0 aliphatic rings. The number of aromatic carboxylic acids is 1. The predicted molar refractivity (Wildman–Crippen MR) is 71.7 cm³/mol. The summed E-state index contributed by atoms with van der Waals surface area (Å²) in [7, 11) is -4.05. The lowest BCUT2D eigenvalue weighted by molar-refractivity contribution is 0.0692. The van der Waals surface area contributed by atoms with Gasteiger partial charge < -0.3 is 10.1 Å². The fourth-order valence-electron chi connectivity index (χ4n) is 1.50. The van der Waals surface area contributed by atoms with E-state index in [-0.39, 0.29) is 15.6 Å². The van der Waals surface area contributed by atoms with Gasteiger partial charge in [0.2, 0.25) is 0 Å². The smallest absolute Gasteiger partial charge is 0.356 e. The van der Waals surface area contributed by atoms with Crippen molar-refractivity contribution in [3.63, 3.8) is 0 Å². The van der Waals surface area contributed by atoms with E-state index in [0.717, 1.165) is 0 Å². The highest BCUT2D eigenvalue weighted by Gasteiger charge is 2.23. The molecular weight excluding hydrogens is 306 g/mol. The molecule has 8 nitrogen and oxygen atoms in total. The summed E-state index contributed by atoms with van der Waals surface area (Å²) in [6, 6.07) is 2.68. The predicted octanol–water partition coefficient (Wildman–Crippen LogP) is 0.639. The maximum atomic E-state index is 12.1. The van der Waals surface area contributed by atoms with E-state index in [1.807, 2.05) is 0 Å². The number of carboxylic acid groups (broad SMARTS) is 1. The molecule has 0 saturated carbocycles. The third-order valence-corrected chi connectivity index (χ3v) is 5.25. The Labute approximate surface area is 117 Å². The summed E-state index contributed by atoms with van der Waals surface area (Å²) >= 11 is 0.525. The van der Waals surface area contributed by atoms with E-state index in [0.29, 0.717) is 11.3 Å². The van der Waals surface area contributed by atoms with E-state index in [2.05, 4.69) is 14.7 Å². The molecule has 3 N–H and O–H groups in total. The lowest BCUT2D eigenvalue weighted by atomic mass is 10.3. The number of hydrogen-bond acceptors (Lipinski definition) is 6. The van der Waals surface area contributed by atoms with Gasteiger partial charge in [-0.3, -0.25) is 9.52 Å². The molecule has 0 saturated heterocycles. The molecule has 2 aromatic rings. The van der Waals surface area contributed by atoms with E-state index < -0.39 is 26.6 Å². The number of aryl methyl sites for hydroxylation is 1. The van der Waals surface area contributed by atoms with Gasteiger partial charge in [-0.25, -0.2) is 18.2 Å². The average Bonchev–Trinajstić information content (AvgIpc) is 2.69. The van der Waals surface area contributed by atoms with Crippen molar-refractivity contribution < 1.29 is 18.3 Å². The second-order valence-corrected chi connectivity index (χ2v) is 6.60. The van der Waals surface area contributed by atoms with Crippen LogP contribution in [0.3, 0.4) is 0 Å². The fourth-order valence-corrected chi connectivity index (χ4v) is 3.86. The number of sulfonamides is 1. The topological polar surface area (TPSA) is 129 Å². The minimum absolute atomic E-state index is 0.166. The minimum atomic E-state index is -4.05. The first kappa shape index (κ1) is 14.2. The van der Waals surface area contributed by atoms with Crippen molar-refractivity contribution in [3.8, 4) is 0 Å². The van der Waals surface area contributed by atoms with Gasteiger partial charge in [-0.2, -0.15) is 0 Å². The monoisotopic (exact) mass is 315 g/mol. The molecular formula is C10H9N3O5S2. The Balaban J connectivity index is 2.47. The maximum absolute atomic E-state index is 12.1. The van der Waals surface area contributed by atoms with Gasteiger partial charge >= 0.3 is 10.8 Å². The number of hydrogen-bond donors (Lipinski definition) is 3. The van der Waals surface area contributed by atoms with Crippen LogP contribution in [0.25, 0.3) is 0 Å². The number of aromatic nitrogens is 2. The Morgan fingerprint density at radius 2 is 2.20 bits per heavy atom. The number of carboxylic acids is 1. The summed E-state index contributed by atoms with van der Waals surface area (Å²) in [6.07, 6.45) is 1.24. The molecule has 2 rings (SSSR count). The first-order chi connectivity index (χ1) is 9.31. The van der Waals surface area contributed by atoms with Gasteiger partial charge in [-0.05, 0) is 19.1 Å². The zero-order chi connectivity index (χ0) is 14.9. The summed E-state index contributed by atoms with van der Waals surface area (Å²) in [5.41, 5.74) is -0.398. The summed E-state index contributed by atoms with van der Waals surface area (Å²) in [6.45, 7) is 1.44. The summed E-state index contributed by atoms with van der Waals surface area (Å²) in [5.74, 6) is -1.36. The zero-order valence-electron chi connectivity index (χ0n) is 10.1. The van der Waals surface area contributed by atoms with Gasteiger partial charge in [0, 0.05) is 11.9 Å². The van der Waals surface area contributed by atoms with Crippen LogP contribution >= 0.6 is 11.3 Å². The van der Waals surface area contributed by atoms with E-state index in [9.17, 15) is 18.0 Å². The SMILES string of the molecule is Cc1[nH]c(=O)sc1S(=O)(=O)Nc1cccnc1C(=O)O. The number of thiazole rings is 1. The fraction of sp³-hybridized carbons (Fsp3) is 0.100. The van der Waals surface area contributed by atoms with E-state index >= 15 is 0 Å². The molecule has 2 heterocycles. The molecule has 0 aromatic carbocycles. The van der Waals surface area contributed by atoms with Crippen molar-refractivity contribution in [2.45, 2.75) is 11.1 Å². The molecule has 0 amide bonds. The molecule has 10 heteroatoms. The van der Waals surface area contributed by atoms with E-state index in [1.165, 1.54) is 25.3 Å². The summed E-state index contributed by atoms with van der Waals surface area (Å²) in [4.78, 5) is 27.5. The van der Waals surface area contributed by atoms with Crippen LogP contribution in [0.4, 0.5) is 5.69 Å². The van der Waals surface area contributed by atoms with Crippen molar-refractivity contribution in [1.29, 1.82) is 0 Å². The lowest BCUT2D eigenvalue weighted by Crippen LogP contribution is -2.16. The van der Waals surface area contributed by atoms with Crippen molar-refractivity contribution in [1.82, 2.24) is 9.97 Å². The molecule has 0 aliphatic carbocycles. The zero-order valence-corrected chi connectivity index (χ0v) is 11.7. The molecule has 0 spiro atoms. The largest absolute Gasteiger partial charge is 0.476 e. The average molecular weight is 315 g/mol.